The Morgan fingerprint density at radius 2 is 2.00 bits per heavy atom. The Balaban J connectivity index is 1.66. The molecule has 110 valence electrons. The zero-order valence-electron chi connectivity index (χ0n) is 12.5. The van der Waals surface area contributed by atoms with Crippen LogP contribution in [0.25, 0.3) is 0 Å². The van der Waals surface area contributed by atoms with Crippen LogP contribution in [0.5, 0.6) is 0 Å². The maximum atomic E-state index is 6.51. The summed E-state index contributed by atoms with van der Waals surface area (Å²) in [5, 5.41) is 4.44. The first-order valence-corrected chi connectivity index (χ1v) is 8.28. The Morgan fingerprint density at radius 3 is 2.65 bits per heavy atom. The number of hydrogen-bond donors (Lipinski definition) is 1. The minimum absolute atomic E-state index is 0.746. The maximum absolute atomic E-state index is 6.51. The summed E-state index contributed by atoms with van der Waals surface area (Å²) >= 11 is 6.51. The molecule has 20 heavy (non-hydrogen) atoms. The molecule has 2 atom stereocenters. The molecule has 1 heterocycles. The van der Waals surface area contributed by atoms with Crippen molar-refractivity contribution >= 4 is 17.3 Å². The summed E-state index contributed by atoms with van der Waals surface area (Å²) in [5.41, 5.74) is 2.50. The molecule has 2 nitrogen and oxygen atoms in total. The summed E-state index contributed by atoms with van der Waals surface area (Å²) in [4.78, 5) is 2.45. The van der Waals surface area contributed by atoms with Crippen molar-refractivity contribution in [3.63, 3.8) is 0 Å². The number of nitrogens with zero attached hydrogens (tertiary/aromatic N) is 1. The van der Waals surface area contributed by atoms with Gasteiger partial charge in [-0.15, -0.1) is 0 Å². The average molecular weight is 293 g/mol. The van der Waals surface area contributed by atoms with Gasteiger partial charge in [0.15, 0.2) is 0 Å². The van der Waals surface area contributed by atoms with E-state index in [1.807, 2.05) is 0 Å². The zero-order chi connectivity index (χ0) is 14.1. The fourth-order valence-corrected chi connectivity index (χ4v) is 3.27. The predicted octanol–water partition coefficient (Wildman–Crippen LogP) is 4.07. The van der Waals surface area contributed by atoms with Gasteiger partial charge in [-0.3, -0.25) is 0 Å². The molecule has 1 N–H and O–H groups in total. The van der Waals surface area contributed by atoms with Crippen LogP contribution in [0, 0.1) is 11.8 Å². The molecule has 1 aromatic carbocycles. The van der Waals surface area contributed by atoms with E-state index in [-0.39, 0.29) is 0 Å². The van der Waals surface area contributed by atoms with E-state index >= 15 is 0 Å². The van der Waals surface area contributed by atoms with Crippen molar-refractivity contribution in [1.29, 1.82) is 0 Å². The summed E-state index contributed by atoms with van der Waals surface area (Å²) in [6.07, 6.45) is 3.92. The topological polar surface area (TPSA) is 15.3 Å². The van der Waals surface area contributed by atoms with Crippen LogP contribution in [0.3, 0.4) is 0 Å². The fraction of sp³-hybridized carbons (Fsp3) is 0.647. The second-order valence-corrected chi connectivity index (χ2v) is 7.04. The minimum atomic E-state index is 0.746. The third kappa shape index (κ3) is 3.29. The first-order chi connectivity index (χ1) is 9.63. The molecule has 1 saturated heterocycles. The van der Waals surface area contributed by atoms with Crippen LogP contribution in [-0.2, 0) is 6.54 Å². The summed E-state index contributed by atoms with van der Waals surface area (Å²) < 4.78 is 0. The van der Waals surface area contributed by atoms with Gasteiger partial charge >= 0.3 is 0 Å². The molecule has 0 bridgehead atoms. The maximum Gasteiger partial charge on any atom is 0.0642 e. The molecule has 1 aromatic rings. The summed E-state index contributed by atoms with van der Waals surface area (Å²) in [7, 11) is 0. The summed E-state index contributed by atoms with van der Waals surface area (Å²) in [6, 6.07) is 7.31. The third-order valence-electron chi connectivity index (χ3n) is 4.86. The first-order valence-electron chi connectivity index (χ1n) is 7.90. The standard InChI is InChI=1S/C17H25ClN2/c1-12-7-8-20(11-13(12)2)17-6-3-14(9-16(17)18)10-19-15-4-5-15/h3,6,9,12-13,15,19H,4-5,7-8,10-11H2,1-2H3. The SMILES string of the molecule is CC1CCN(c2ccc(CNC3CC3)cc2Cl)CC1C. The zero-order valence-corrected chi connectivity index (χ0v) is 13.3. The Morgan fingerprint density at radius 1 is 1.20 bits per heavy atom. The second kappa shape index (κ2) is 5.95. The molecule has 3 heteroatoms. The molecule has 2 aliphatic rings. The van der Waals surface area contributed by atoms with Crippen LogP contribution in [-0.4, -0.2) is 19.1 Å². The van der Waals surface area contributed by atoms with Crippen molar-refractivity contribution < 1.29 is 0 Å². The number of anilines is 1. The van der Waals surface area contributed by atoms with E-state index in [9.17, 15) is 0 Å². The lowest BCUT2D eigenvalue weighted by molar-refractivity contribution is 0.324. The number of rotatable bonds is 4. The van der Waals surface area contributed by atoms with Gasteiger partial charge in [-0.1, -0.05) is 31.5 Å². The van der Waals surface area contributed by atoms with Crippen LogP contribution in [0.1, 0.15) is 38.7 Å². The molecule has 1 saturated carbocycles. The van der Waals surface area contributed by atoms with Crippen molar-refractivity contribution in [1.82, 2.24) is 5.32 Å². The Hall–Kier alpha value is -0.730. The number of hydrogen-bond acceptors (Lipinski definition) is 2. The molecule has 0 radical (unpaired) electrons. The lowest BCUT2D eigenvalue weighted by Gasteiger charge is -2.37. The molecular formula is C17H25ClN2. The smallest absolute Gasteiger partial charge is 0.0642 e. The van der Waals surface area contributed by atoms with Gasteiger partial charge in [0.05, 0.1) is 10.7 Å². The number of piperidine rings is 1. The highest BCUT2D eigenvalue weighted by Crippen LogP contribution is 2.32. The highest BCUT2D eigenvalue weighted by Gasteiger charge is 2.24. The number of benzene rings is 1. The van der Waals surface area contributed by atoms with Gasteiger partial charge in [0, 0.05) is 25.7 Å². The van der Waals surface area contributed by atoms with Crippen LogP contribution in [0.2, 0.25) is 5.02 Å². The van der Waals surface area contributed by atoms with Crippen LogP contribution in [0.4, 0.5) is 5.69 Å². The van der Waals surface area contributed by atoms with Crippen molar-refractivity contribution in [2.45, 2.75) is 45.7 Å². The molecule has 2 fully saturated rings. The van der Waals surface area contributed by atoms with Crippen LogP contribution < -0.4 is 10.2 Å². The molecule has 1 aliphatic heterocycles. The van der Waals surface area contributed by atoms with E-state index in [2.05, 4.69) is 42.3 Å². The predicted molar refractivity (Wildman–Crippen MR) is 86.5 cm³/mol. The van der Waals surface area contributed by atoms with E-state index in [0.29, 0.717) is 0 Å². The first kappa shape index (κ1) is 14.2. The molecule has 3 rings (SSSR count). The fourth-order valence-electron chi connectivity index (χ4n) is 2.95. The summed E-state index contributed by atoms with van der Waals surface area (Å²) in [6.45, 7) is 7.90. The van der Waals surface area contributed by atoms with Crippen LogP contribution in [0.15, 0.2) is 18.2 Å². The highest BCUT2D eigenvalue weighted by atomic mass is 35.5. The van der Waals surface area contributed by atoms with E-state index in [4.69, 9.17) is 11.6 Å². The Labute approximate surface area is 127 Å². The highest BCUT2D eigenvalue weighted by molar-refractivity contribution is 6.33. The van der Waals surface area contributed by atoms with E-state index in [1.54, 1.807) is 0 Å². The molecule has 0 aromatic heterocycles. The van der Waals surface area contributed by atoms with Crippen molar-refractivity contribution in [3.8, 4) is 0 Å². The molecule has 2 unspecified atom stereocenters. The summed E-state index contributed by atoms with van der Waals surface area (Å²) in [5.74, 6) is 1.57. The van der Waals surface area contributed by atoms with Gasteiger partial charge in [0.25, 0.3) is 0 Å². The van der Waals surface area contributed by atoms with E-state index in [0.717, 1.165) is 42.5 Å². The van der Waals surface area contributed by atoms with Crippen molar-refractivity contribution in [2.24, 2.45) is 11.8 Å². The van der Waals surface area contributed by atoms with Crippen LogP contribution >= 0.6 is 11.6 Å². The van der Waals surface area contributed by atoms with Crippen molar-refractivity contribution in [2.75, 3.05) is 18.0 Å². The lowest BCUT2D eigenvalue weighted by Crippen LogP contribution is -2.38. The van der Waals surface area contributed by atoms with Gasteiger partial charge in [-0.05, 0) is 48.8 Å². The molecule has 1 aliphatic carbocycles. The minimum Gasteiger partial charge on any atom is -0.370 e. The molecular weight excluding hydrogens is 268 g/mol. The van der Waals surface area contributed by atoms with Gasteiger partial charge in [0.2, 0.25) is 0 Å². The number of nitrogens with one attached hydrogen (secondary N) is 1. The molecule has 0 spiro atoms. The van der Waals surface area contributed by atoms with E-state index in [1.165, 1.54) is 30.5 Å². The quantitative estimate of drug-likeness (QED) is 0.900. The Kier molecular flexibility index (Phi) is 4.23. The van der Waals surface area contributed by atoms with Gasteiger partial charge in [-0.25, -0.2) is 0 Å². The lowest BCUT2D eigenvalue weighted by atomic mass is 9.88. The monoisotopic (exact) mass is 292 g/mol. The normalized spacial score (nSPS) is 26.9. The number of halogens is 1. The Bertz CT molecular complexity index is 470. The van der Waals surface area contributed by atoms with Gasteiger partial charge < -0.3 is 10.2 Å². The van der Waals surface area contributed by atoms with Gasteiger partial charge in [0.1, 0.15) is 0 Å². The van der Waals surface area contributed by atoms with E-state index < -0.39 is 0 Å². The second-order valence-electron chi connectivity index (χ2n) is 6.63. The third-order valence-corrected chi connectivity index (χ3v) is 5.16. The molecule has 0 amide bonds. The van der Waals surface area contributed by atoms with Gasteiger partial charge in [-0.2, -0.15) is 0 Å². The largest absolute Gasteiger partial charge is 0.370 e. The average Bonchev–Trinajstić information content (AvgIpc) is 3.24. The van der Waals surface area contributed by atoms with Crippen molar-refractivity contribution in [3.05, 3.63) is 28.8 Å².